The van der Waals surface area contributed by atoms with Gasteiger partial charge < -0.3 is 15.2 Å². The van der Waals surface area contributed by atoms with Gasteiger partial charge in [0.25, 0.3) is 5.91 Å². The van der Waals surface area contributed by atoms with Crippen LogP contribution in [0, 0.1) is 5.92 Å². The number of aliphatic carboxylic acids is 1. The fourth-order valence-corrected chi connectivity index (χ4v) is 1.83. The van der Waals surface area contributed by atoms with Crippen molar-refractivity contribution in [1.82, 2.24) is 5.32 Å². The van der Waals surface area contributed by atoms with E-state index in [1.165, 1.54) is 13.8 Å². The van der Waals surface area contributed by atoms with Crippen LogP contribution >= 0.6 is 0 Å². The molecule has 0 saturated heterocycles. The van der Waals surface area contributed by atoms with E-state index in [-0.39, 0.29) is 11.7 Å². The minimum absolute atomic E-state index is 0.103. The molecule has 0 aliphatic heterocycles. The number of carbonyl (C=O) groups is 3. The number of carboxylic acids is 1. The number of carboxylic acid groups (broad SMARTS) is 1. The molecule has 0 fully saturated rings. The summed E-state index contributed by atoms with van der Waals surface area (Å²) in [5.74, 6) is -1.57. The van der Waals surface area contributed by atoms with E-state index in [0.717, 1.165) is 0 Å². The summed E-state index contributed by atoms with van der Waals surface area (Å²) in [4.78, 5) is 34.4. The van der Waals surface area contributed by atoms with Crippen molar-refractivity contribution in [3.05, 3.63) is 29.8 Å². The molecule has 0 heterocycles. The van der Waals surface area contributed by atoms with Gasteiger partial charge in [-0.3, -0.25) is 9.59 Å². The second-order valence-corrected chi connectivity index (χ2v) is 5.41. The molecule has 1 aromatic carbocycles. The molecule has 0 saturated carbocycles. The van der Waals surface area contributed by atoms with Crippen LogP contribution in [0.5, 0.6) is 5.75 Å². The number of benzene rings is 1. The maximum absolute atomic E-state index is 12.0. The predicted molar refractivity (Wildman–Crippen MR) is 80.9 cm³/mol. The van der Waals surface area contributed by atoms with Gasteiger partial charge in [0.05, 0.1) is 0 Å². The highest BCUT2D eigenvalue weighted by Crippen LogP contribution is 2.15. The Balaban J connectivity index is 2.73. The van der Waals surface area contributed by atoms with Crippen molar-refractivity contribution in [2.75, 3.05) is 0 Å². The van der Waals surface area contributed by atoms with E-state index in [0.29, 0.717) is 11.3 Å². The molecule has 2 unspecified atom stereocenters. The smallest absolute Gasteiger partial charge is 0.326 e. The molecule has 2 N–H and O–H groups in total. The van der Waals surface area contributed by atoms with Gasteiger partial charge in [-0.2, -0.15) is 0 Å². The molecule has 0 aliphatic rings. The molecule has 6 heteroatoms. The minimum atomic E-state index is -1.09. The predicted octanol–water partition coefficient (Wildman–Crippen LogP) is 1.88. The first-order valence-electron chi connectivity index (χ1n) is 7.03. The minimum Gasteiger partial charge on any atom is -0.481 e. The van der Waals surface area contributed by atoms with Gasteiger partial charge in [-0.15, -0.1) is 0 Å². The van der Waals surface area contributed by atoms with Crippen LogP contribution in [0.15, 0.2) is 24.3 Å². The van der Waals surface area contributed by atoms with E-state index >= 15 is 0 Å². The number of nitrogens with one attached hydrogen (secondary N) is 1. The van der Waals surface area contributed by atoms with E-state index in [1.54, 1.807) is 38.1 Å². The van der Waals surface area contributed by atoms with E-state index in [2.05, 4.69) is 5.32 Å². The fraction of sp³-hybridized carbons (Fsp3) is 0.438. The first-order valence-corrected chi connectivity index (χ1v) is 7.03. The molecule has 0 aliphatic carbocycles. The number of Topliss-reactive ketones (excluding diaryl/α,β-unsaturated/α-hetero) is 1. The largest absolute Gasteiger partial charge is 0.481 e. The van der Waals surface area contributed by atoms with Gasteiger partial charge in [0.2, 0.25) is 0 Å². The van der Waals surface area contributed by atoms with E-state index in [9.17, 15) is 14.4 Å². The monoisotopic (exact) mass is 307 g/mol. The lowest BCUT2D eigenvalue weighted by molar-refractivity contribution is -0.144. The second kappa shape index (κ2) is 7.59. The Bertz CT molecular complexity index is 567. The number of ether oxygens (including phenoxy) is 1. The highest BCUT2D eigenvalue weighted by atomic mass is 16.5. The van der Waals surface area contributed by atoms with Crippen LogP contribution in [0.25, 0.3) is 0 Å². The maximum Gasteiger partial charge on any atom is 0.326 e. The van der Waals surface area contributed by atoms with Gasteiger partial charge >= 0.3 is 5.97 Å². The Morgan fingerprint density at radius 2 is 1.82 bits per heavy atom. The highest BCUT2D eigenvalue weighted by molar-refractivity contribution is 5.94. The molecule has 0 radical (unpaired) electrons. The van der Waals surface area contributed by atoms with Gasteiger partial charge in [0.1, 0.15) is 11.8 Å². The zero-order valence-electron chi connectivity index (χ0n) is 13.1. The normalized spacial score (nSPS) is 13.3. The Morgan fingerprint density at radius 3 is 2.32 bits per heavy atom. The Morgan fingerprint density at radius 1 is 1.18 bits per heavy atom. The van der Waals surface area contributed by atoms with Crippen LogP contribution in [0.2, 0.25) is 0 Å². The van der Waals surface area contributed by atoms with Gasteiger partial charge in [-0.05, 0) is 31.9 Å². The van der Waals surface area contributed by atoms with Gasteiger partial charge in [-0.1, -0.05) is 26.0 Å². The standard InChI is InChI=1S/C16H21NO5/c1-9(2)14(16(20)21)17-15(19)11(4)22-13-7-5-6-12(8-13)10(3)18/h5-9,11,14H,1-4H3,(H,17,19)(H,20,21). The van der Waals surface area contributed by atoms with Crippen molar-refractivity contribution in [1.29, 1.82) is 0 Å². The van der Waals surface area contributed by atoms with Crippen LogP contribution in [-0.2, 0) is 9.59 Å². The average molecular weight is 307 g/mol. The third-order valence-corrected chi connectivity index (χ3v) is 3.15. The van der Waals surface area contributed by atoms with Crippen molar-refractivity contribution in [3.63, 3.8) is 0 Å². The molecule has 0 aromatic heterocycles. The summed E-state index contributed by atoms with van der Waals surface area (Å²) >= 11 is 0. The van der Waals surface area contributed by atoms with Crippen LogP contribution in [0.3, 0.4) is 0 Å². The molecule has 120 valence electrons. The van der Waals surface area contributed by atoms with E-state index in [4.69, 9.17) is 9.84 Å². The SMILES string of the molecule is CC(=O)c1cccc(OC(C)C(=O)NC(C(=O)O)C(C)C)c1. The maximum atomic E-state index is 12.0. The number of rotatable bonds is 7. The summed E-state index contributed by atoms with van der Waals surface area (Å²) in [5.41, 5.74) is 0.482. The summed E-state index contributed by atoms with van der Waals surface area (Å²) < 4.78 is 5.47. The van der Waals surface area contributed by atoms with Crippen molar-refractivity contribution >= 4 is 17.7 Å². The quantitative estimate of drug-likeness (QED) is 0.750. The molecule has 6 nitrogen and oxygen atoms in total. The Hall–Kier alpha value is -2.37. The Kier molecular flexibility index (Phi) is 6.10. The molecule has 2 atom stereocenters. The molecule has 1 rings (SSSR count). The zero-order valence-corrected chi connectivity index (χ0v) is 13.1. The number of ketones is 1. The van der Waals surface area contributed by atoms with E-state index < -0.39 is 24.0 Å². The van der Waals surface area contributed by atoms with Crippen molar-refractivity contribution in [2.45, 2.75) is 39.8 Å². The summed E-state index contributed by atoms with van der Waals surface area (Å²) in [5, 5.41) is 11.5. The molecule has 0 bridgehead atoms. The van der Waals surface area contributed by atoms with Crippen LogP contribution in [0.4, 0.5) is 0 Å². The third-order valence-electron chi connectivity index (χ3n) is 3.15. The number of hydrogen-bond donors (Lipinski definition) is 2. The lowest BCUT2D eigenvalue weighted by Crippen LogP contribution is -2.48. The summed E-state index contributed by atoms with van der Waals surface area (Å²) in [6.45, 7) is 6.38. The van der Waals surface area contributed by atoms with Crippen molar-refractivity contribution in [3.8, 4) is 5.75 Å². The van der Waals surface area contributed by atoms with E-state index in [1.807, 2.05) is 0 Å². The number of carbonyl (C=O) groups excluding carboxylic acids is 2. The topological polar surface area (TPSA) is 92.7 Å². The number of amides is 1. The highest BCUT2D eigenvalue weighted by Gasteiger charge is 2.26. The van der Waals surface area contributed by atoms with Crippen molar-refractivity contribution < 1.29 is 24.2 Å². The third kappa shape index (κ3) is 4.87. The Labute approximate surface area is 129 Å². The first-order chi connectivity index (χ1) is 10.2. The van der Waals surface area contributed by atoms with Gasteiger partial charge in [-0.25, -0.2) is 4.79 Å². The van der Waals surface area contributed by atoms with Gasteiger partial charge in [0.15, 0.2) is 11.9 Å². The van der Waals surface area contributed by atoms with Crippen molar-refractivity contribution in [2.24, 2.45) is 5.92 Å². The summed E-state index contributed by atoms with van der Waals surface area (Å²) in [6.07, 6.45) is -0.872. The molecule has 22 heavy (non-hydrogen) atoms. The summed E-state index contributed by atoms with van der Waals surface area (Å²) in [7, 11) is 0. The fourth-order valence-electron chi connectivity index (χ4n) is 1.83. The number of hydrogen-bond acceptors (Lipinski definition) is 4. The zero-order chi connectivity index (χ0) is 16.9. The molecule has 1 amide bonds. The molecular weight excluding hydrogens is 286 g/mol. The van der Waals surface area contributed by atoms with Crippen LogP contribution in [0.1, 0.15) is 38.1 Å². The second-order valence-electron chi connectivity index (χ2n) is 5.41. The van der Waals surface area contributed by atoms with Crippen LogP contribution < -0.4 is 10.1 Å². The lowest BCUT2D eigenvalue weighted by atomic mass is 10.0. The molecule has 0 spiro atoms. The molecular formula is C16H21NO5. The average Bonchev–Trinajstić information content (AvgIpc) is 2.43. The molecule has 1 aromatic rings. The summed E-state index contributed by atoms with van der Waals surface area (Å²) in [6, 6.07) is 5.52. The first kappa shape index (κ1) is 17.7. The van der Waals surface area contributed by atoms with Gasteiger partial charge in [0, 0.05) is 5.56 Å². The lowest BCUT2D eigenvalue weighted by Gasteiger charge is -2.21. The van der Waals surface area contributed by atoms with Crippen LogP contribution in [-0.4, -0.2) is 34.9 Å².